The molecular weight excluding hydrogens is 266 g/mol. The van der Waals surface area contributed by atoms with Crippen LogP contribution in [0.25, 0.3) is 11.3 Å². The molecule has 4 heteroatoms. The molecule has 108 valence electrons. The Labute approximate surface area is 123 Å². The highest BCUT2D eigenvalue weighted by atomic mass is 16.5. The molecule has 0 saturated heterocycles. The summed E-state index contributed by atoms with van der Waals surface area (Å²) in [5, 5.41) is 0. The summed E-state index contributed by atoms with van der Waals surface area (Å²) in [6.07, 6.45) is 1.84. The second kappa shape index (κ2) is 5.95. The van der Waals surface area contributed by atoms with E-state index >= 15 is 0 Å². The van der Waals surface area contributed by atoms with Crippen LogP contribution in [0.15, 0.2) is 36.4 Å². The van der Waals surface area contributed by atoms with Crippen LogP contribution in [0.2, 0.25) is 0 Å². The van der Waals surface area contributed by atoms with E-state index < -0.39 is 0 Å². The van der Waals surface area contributed by atoms with E-state index in [0.717, 1.165) is 35.4 Å². The minimum Gasteiger partial charge on any atom is -0.491 e. The van der Waals surface area contributed by atoms with Gasteiger partial charge in [-0.05, 0) is 31.4 Å². The summed E-state index contributed by atoms with van der Waals surface area (Å²) in [7, 11) is 0. The number of carbonyl (C=O) groups is 1. The van der Waals surface area contributed by atoms with Gasteiger partial charge >= 0.3 is 5.97 Å². The third-order valence-electron chi connectivity index (χ3n) is 3.42. The van der Waals surface area contributed by atoms with Crippen LogP contribution in [0.4, 0.5) is 0 Å². The van der Waals surface area contributed by atoms with Gasteiger partial charge in [-0.25, -0.2) is 9.78 Å². The Bertz CT molecular complexity index is 653. The standard InChI is InChI=1S/C17H17NO3/c1-2-20-17(19)14-11-13-9-6-10-21-16(13)15(18-14)12-7-4-3-5-8-12/h3-5,7-8,11H,2,6,9-10H2,1H3. The van der Waals surface area contributed by atoms with Gasteiger partial charge in [-0.3, -0.25) is 0 Å². The molecular formula is C17H17NO3. The molecule has 1 aliphatic rings. The number of rotatable bonds is 3. The number of carbonyl (C=O) groups excluding carboxylic acids is 1. The summed E-state index contributed by atoms with van der Waals surface area (Å²) in [4.78, 5) is 16.5. The molecule has 2 aromatic rings. The second-order valence-electron chi connectivity index (χ2n) is 4.88. The van der Waals surface area contributed by atoms with Gasteiger partial charge in [0.15, 0.2) is 0 Å². The first kappa shape index (κ1) is 13.6. The molecule has 0 saturated carbocycles. The van der Waals surface area contributed by atoms with Crippen molar-refractivity contribution in [2.24, 2.45) is 0 Å². The Morgan fingerprint density at radius 3 is 2.90 bits per heavy atom. The van der Waals surface area contributed by atoms with E-state index in [2.05, 4.69) is 4.98 Å². The second-order valence-corrected chi connectivity index (χ2v) is 4.88. The number of pyridine rings is 1. The fraction of sp³-hybridized carbons (Fsp3) is 0.294. The molecule has 1 aromatic carbocycles. The van der Waals surface area contributed by atoms with Crippen molar-refractivity contribution in [2.75, 3.05) is 13.2 Å². The molecule has 0 amide bonds. The van der Waals surface area contributed by atoms with E-state index in [0.29, 0.717) is 18.9 Å². The molecule has 0 spiro atoms. The van der Waals surface area contributed by atoms with Crippen molar-refractivity contribution in [3.63, 3.8) is 0 Å². The quantitative estimate of drug-likeness (QED) is 0.811. The fourth-order valence-corrected chi connectivity index (χ4v) is 2.47. The summed E-state index contributed by atoms with van der Waals surface area (Å²) in [6.45, 7) is 2.82. The minimum atomic E-state index is -0.386. The SMILES string of the molecule is CCOC(=O)c1cc2c(c(-c3ccccc3)n1)OCCC2. The molecule has 4 nitrogen and oxygen atoms in total. The van der Waals surface area contributed by atoms with Gasteiger partial charge in [0.05, 0.1) is 13.2 Å². The summed E-state index contributed by atoms with van der Waals surface area (Å²) in [5.74, 6) is 0.406. The zero-order valence-electron chi connectivity index (χ0n) is 12.0. The third kappa shape index (κ3) is 2.75. The molecule has 0 aliphatic carbocycles. The topological polar surface area (TPSA) is 48.4 Å². The van der Waals surface area contributed by atoms with Gasteiger partial charge in [-0.2, -0.15) is 0 Å². The molecule has 0 bridgehead atoms. The summed E-state index contributed by atoms with van der Waals surface area (Å²) >= 11 is 0. The van der Waals surface area contributed by atoms with E-state index in [1.54, 1.807) is 13.0 Å². The monoisotopic (exact) mass is 283 g/mol. The maximum atomic E-state index is 12.0. The lowest BCUT2D eigenvalue weighted by Crippen LogP contribution is -2.14. The largest absolute Gasteiger partial charge is 0.491 e. The number of nitrogens with zero attached hydrogens (tertiary/aromatic N) is 1. The lowest BCUT2D eigenvalue weighted by Gasteiger charge is -2.20. The van der Waals surface area contributed by atoms with Gasteiger partial charge in [0.1, 0.15) is 17.1 Å². The van der Waals surface area contributed by atoms with Gasteiger partial charge in [-0.1, -0.05) is 30.3 Å². The third-order valence-corrected chi connectivity index (χ3v) is 3.42. The first-order chi connectivity index (χ1) is 10.3. The predicted molar refractivity (Wildman–Crippen MR) is 79.4 cm³/mol. The van der Waals surface area contributed by atoms with Crippen LogP contribution in [0.5, 0.6) is 5.75 Å². The average molecular weight is 283 g/mol. The lowest BCUT2D eigenvalue weighted by molar-refractivity contribution is 0.0519. The summed E-state index contributed by atoms with van der Waals surface area (Å²) < 4.78 is 10.9. The highest BCUT2D eigenvalue weighted by molar-refractivity contribution is 5.89. The van der Waals surface area contributed by atoms with Crippen molar-refractivity contribution in [3.05, 3.63) is 47.7 Å². The highest BCUT2D eigenvalue weighted by Crippen LogP contribution is 2.35. The zero-order valence-corrected chi connectivity index (χ0v) is 12.0. The molecule has 2 heterocycles. The average Bonchev–Trinajstić information content (AvgIpc) is 2.55. The maximum Gasteiger partial charge on any atom is 0.356 e. The molecule has 21 heavy (non-hydrogen) atoms. The number of esters is 1. The van der Waals surface area contributed by atoms with Crippen molar-refractivity contribution in [3.8, 4) is 17.0 Å². The van der Waals surface area contributed by atoms with E-state index in [-0.39, 0.29) is 5.97 Å². The Morgan fingerprint density at radius 2 is 2.14 bits per heavy atom. The Kier molecular flexibility index (Phi) is 3.86. The minimum absolute atomic E-state index is 0.342. The van der Waals surface area contributed by atoms with Crippen LogP contribution in [-0.4, -0.2) is 24.2 Å². The Hall–Kier alpha value is -2.36. The van der Waals surface area contributed by atoms with Gasteiger partial charge in [0, 0.05) is 5.56 Å². The fourth-order valence-electron chi connectivity index (χ4n) is 2.47. The van der Waals surface area contributed by atoms with Gasteiger partial charge in [0.2, 0.25) is 0 Å². The Morgan fingerprint density at radius 1 is 1.33 bits per heavy atom. The normalized spacial score (nSPS) is 13.2. The van der Waals surface area contributed by atoms with Gasteiger partial charge in [-0.15, -0.1) is 0 Å². The number of aryl methyl sites for hydroxylation is 1. The molecule has 0 atom stereocenters. The number of ether oxygens (including phenoxy) is 2. The number of aromatic nitrogens is 1. The summed E-state index contributed by atoms with van der Waals surface area (Å²) in [5.41, 5.74) is 3.04. The van der Waals surface area contributed by atoms with E-state index in [1.807, 2.05) is 30.3 Å². The molecule has 1 aromatic heterocycles. The first-order valence-electron chi connectivity index (χ1n) is 7.19. The van der Waals surface area contributed by atoms with Crippen LogP contribution in [0.3, 0.4) is 0 Å². The smallest absolute Gasteiger partial charge is 0.356 e. The van der Waals surface area contributed by atoms with Crippen molar-refractivity contribution in [1.29, 1.82) is 0 Å². The molecule has 3 rings (SSSR count). The van der Waals surface area contributed by atoms with Crippen LogP contribution in [0, 0.1) is 0 Å². The summed E-state index contributed by atoms with van der Waals surface area (Å²) in [6, 6.07) is 11.6. The van der Waals surface area contributed by atoms with Gasteiger partial charge in [0.25, 0.3) is 0 Å². The van der Waals surface area contributed by atoms with Crippen LogP contribution in [-0.2, 0) is 11.2 Å². The highest BCUT2D eigenvalue weighted by Gasteiger charge is 2.21. The van der Waals surface area contributed by atoms with Crippen LogP contribution in [0.1, 0.15) is 29.4 Å². The molecule has 0 fully saturated rings. The number of hydrogen-bond acceptors (Lipinski definition) is 4. The molecule has 0 N–H and O–H groups in total. The van der Waals surface area contributed by atoms with Crippen LogP contribution >= 0.6 is 0 Å². The number of benzene rings is 1. The van der Waals surface area contributed by atoms with Crippen molar-refractivity contribution in [2.45, 2.75) is 19.8 Å². The molecule has 1 aliphatic heterocycles. The van der Waals surface area contributed by atoms with E-state index in [9.17, 15) is 4.79 Å². The van der Waals surface area contributed by atoms with Crippen molar-refractivity contribution in [1.82, 2.24) is 4.98 Å². The van der Waals surface area contributed by atoms with E-state index in [4.69, 9.17) is 9.47 Å². The first-order valence-corrected chi connectivity index (χ1v) is 7.19. The predicted octanol–water partition coefficient (Wildman–Crippen LogP) is 3.25. The molecule has 0 radical (unpaired) electrons. The number of fused-ring (bicyclic) bond motifs is 1. The Balaban J connectivity index is 2.12. The lowest BCUT2D eigenvalue weighted by atomic mass is 10.0. The van der Waals surface area contributed by atoms with Crippen molar-refractivity contribution >= 4 is 5.97 Å². The zero-order chi connectivity index (χ0) is 14.7. The van der Waals surface area contributed by atoms with E-state index in [1.165, 1.54) is 0 Å². The van der Waals surface area contributed by atoms with Crippen LogP contribution < -0.4 is 4.74 Å². The van der Waals surface area contributed by atoms with Crippen molar-refractivity contribution < 1.29 is 14.3 Å². The number of hydrogen-bond donors (Lipinski definition) is 0. The maximum absolute atomic E-state index is 12.0. The van der Waals surface area contributed by atoms with Gasteiger partial charge < -0.3 is 9.47 Å². The molecule has 0 unspecified atom stereocenters.